The van der Waals surface area contributed by atoms with Crippen molar-refractivity contribution in [3.63, 3.8) is 0 Å². The molecule has 130 valence electrons. The number of hydrogen-bond acceptors (Lipinski definition) is 7. The molecule has 1 aliphatic rings. The first-order valence-corrected chi connectivity index (χ1v) is 8.09. The molecule has 25 heavy (non-hydrogen) atoms. The van der Waals surface area contributed by atoms with Crippen LogP contribution in [-0.2, 0) is 4.74 Å². The van der Waals surface area contributed by atoms with E-state index in [1.807, 2.05) is 6.07 Å². The molecule has 8 heteroatoms. The molecule has 4 rings (SSSR count). The topological polar surface area (TPSA) is 76.3 Å². The Morgan fingerprint density at radius 3 is 3.08 bits per heavy atom. The van der Waals surface area contributed by atoms with Crippen molar-refractivity contribution < 1.29 is 13.5 Å². The minimum Gasteiger partial charge on any atom is -0.420 e. The molecule has 0 radical (unpaired) electrons. The molecule has 0 saturated carbocycles. The van der Waals surface area contributed by atoms with Gasteiger partial charge in [-0.2, -0.15) is 4.98 Å². The summed E-state index contributed by atoms with van der Waals surface area (Å²) >= 11 is 0. The first-order chi connectivity index (χ1) is 12.2. The number of halogens is 1. The zero-order valence-electron chi connectivity index (χ0n) is 13.7. The van der Waals surface area contributed by atoms with Crippen LogP contribution in [0.25, 0.3) is 11.1 Å². The van der Waals surface area contributed by atoms with Gasteiger partial charge < -0.3 is 19.4 Å². The number of benzene rings is 1. The summed E-state index contributed by atoms with van der Waals surface area (Å²) in [7, 11) is 1.71. The van der Waals surface area contributed by atoms with Crippen LogP contribution >= 0.6 is 0 Å². The summed E-state index contributed by atoms with van der Waals surface area (Å²) in [5, 5.41) is 3.16. The van der Waals surface area contributed by atoms with Crippen LogP contribution in [0.15, 0.2) is 41.2 Å². The Bertz CT molecular complexity index is 857. The second-order valence-corrected chi connectivity index (χ2v) is 5.96. The van der Waals surface area contributed by atoms with Crippen molar-refractivity contribution >= 4 is 22.9 Å². The van der Waals surface area contributed by atoms with E-state index in [1.54, 1.807) is 25.4 Å². The van der Waals surface area contributed by atoms with Crippen molar-refractivity contribution in [2.24, 2.45) is 0 Å². The minimum atomic E-state index is -0.416. The molecule has 3 aromatic rings. The van der Waals surface area contributed by atoms with E-state index in [9.17, 15) is 4.39 Å². The third-order valence-corrected chi connectivity index (χ3v) is 4.43. The van der Waals surface area contributed by atoms with Crippen LogP contribution in [-0.4, -0.2) is 47.3 Å². The summed E-state index contributed by atoms with van der Waals surface area (Å²) in [4.78, 5) is 14.7. The number of aromatic nitrogens is 3. The molecule has 0 aliphatic carbocycles. The highest BCUT2D eigenvalue weighted by Gasteiger charge is 2.33. The van der Waals surface area contributed by atoms with Crippen LogP contribution in [0.5, 0.6) is 0 Å². The van der Waals surface area contributed by atoms with Gasteiger partial charge in [0.15, 0.2) is 11.4 Å². The molecule has 1 fully saturated rings. The maximum atomic E-state index is 13.7. The van der Waals surface area contributed by atoms with Gasteiger partial charge in [-0.15, -0.1) is 0 Å². The highest BCUT2D eigenvalue weighted by atomic mass is 19.1. The van der Waals surface area contributed by atoms with Gasteiger partial charge in [0.1, 0.15) is 17.7 Å². The highest BCUT2D eigenvalue weighted by molar-refractivity contribution is 5.74. The SMILES string of the molecule is CO[C@@H]1C[C@H](CNc2nc3cccc(F)c3o2)N(c2ccncn2)C1. The van der Waals surface area contributed by atoms with Crippen LogP contribution in [0.3, 0.4) is 0 Å². The average Bonchev–Trinajstić information content (AvgIpc) is 3.25. The predicted octanol–water partition coefficient (Wildman–Crippen LogP) is 2.46. The Kier molecular flexibility index (Phi) is 4.19. The van der Waals surface area contributed by atoms with E-state index < -0.39 is 5.82 Å². The zero-order valence-corrected chi connectivity index (χ0v) is 13.7. The molecular weight excluding hydrogens is 325 g/mol. The molecule has 0 amide bonds. The van der Waals surface area contributed by atoms with Gasteiger partial charge in [-0.25, -0.2) is 14.4 Å². The van der Waals surface area contributed by atoms with Gasteiger partial charge in [-0.3, -0.25) is 0 Å². The van der Waals surface area contributed by atoms with Gasteiger partial charge in [-0.05, 0) is 24.6 Å². The zero-order chi connectivity index (χ0) is 17.2. The third-order valence-electron chi connectivity index (χ3n) is 4.43. The van der Waals surface area contributed by atoms with Crippen LogP contribution in [0.2, 0.25) is 0 Å². The van der Waals surface area contributed by atoms with E-state index in [1.165, 1.54) is 12.4 Å². The van der Waals surface area contributed by atoms with Crippen molar-refractivity contribution in [2.45, 2.75) is 18.6 Å². The summed E-state index contributed by atoms with van der Waals surface area (Å²) in [6.45, 7) is 1.33. The first kappa shape index (κ1) is 15.8. The van der Waals surface area contributed by atoms with E-state index in [0.29, 0.717) is 18.1 Å². The van der Waals surface area contributed by atoms with Gasteiger partial charge in [0.25, 0.3) is 6.01 Å². The average molecular weight is 343 g/mol. The van der Waals surface area contributed by atoms with E-state index in [-0.39, 0.29) is 17.7 Å². The molecular formula is C17H18FN5O2. The van der Waals surface area contributed by atoms with Crippen LogP contribution in [0.1, 0.15) is 6.42 Å². The fourth-order valence-electron chi connectivity index (χ4n) is 3.17. The van der Waals surface area contributed by atoms with E-state index in [4.69, 9.17) is 9.15 Å². The van der Waals surface area contributed by atoms with Crippen molar-refractivity contribution in [3.05, 3.63) is 42.6 Å². The third kappa shape index (κ3) is 3.12. The number of ether oxygens (including phenoxy) is 1. The first-order valence-electron chi connectivity index (χ1n) is 8.09. The fraction of sp³-hybridized carbons (Fsp3) is 0.353. The minimum absolute atomic E-state index is 0.128. The number of methoxy groups -OCH3 is 1. The van der Waals surface area contributed by atoms with E-state index in [2.05, 4.69) is 25.2 Å². The number of anilines is 2. The molecule has 0 spiro atoms. The largest absolute Gasteiger partial charge is 0.420 e. The van der Waals surface area contributed by atoms with Gasteiger partial charge >= 0.3 is 0 Å². The van der Waals surface area contributed by atoms with E-state index in [0.717, 1.165) is 18.8 Å². The Balaban J connectivity index is 1.50. The summed E-state index contributed by atoms with van der Waals surface area (Å²) < 4.78 is 24.7. The molecule has 2 atom stereocenters. The normalized spacial score (nSPS) is 20.3. The molecule has 2 aromatic heterocycles. The quantitative estimate of drug-likeness (QED) is 0.762. The standard InChI is InChI=1S/C17H18FN5O2/c1-24-12-7-11(23(9-12)15-5-6-19-10-21-15)8-20-17-22-14-4-2-3-13(18)16(14)25-17/h2-6,10-12H,7-9H2,1H3,(H,20,22)/t11-,12-/m1/s1. The summed E-state index contributed by atoms with van der Waals surface area (Å²) in [6, 6.07) is 7.02. The molecule has 1 aromatic carbocycles. The van der Waals surface area contributed by atoms with Gasteiger partial charge in [-0.1, -0.05) is 6.07 Å². The fourth-order valence-corrected chi connectivity index (χ4v) is 3.17. The van der Waals surface area contributed by atoms with Gasteiger partial charge in [0.05, 0.1) is 12.1 Å². The van der Waals surface area contributed by atoms with Crippen molar-refractivity contribution in [1.82, 2.24) is 15.0 Å². The number of fused-ring (bicyclic) bond motifs is 1. The number of hydrogen-bond donors (Lipinski definition) is 1. The highest BCUT2D eigenvalue weighted by Crippen LogP contribution is 2.26. The predicted molar refractivity (Wildman–Crippen MR) is 91.0 cm³/mol. The Hall–Kier alpha value is -2.74. The number of oxazole rings is 1. The van der Waals surface area contributed by atoms with Crippen LogP contribution < -0.4 is 10.2 Å². The van der Waals surface area contributed by atoms with Gasteiger partial charge in [0, 0.05) is 26.4 Å². The second kappa shape index (κ2) is 6.64. The molecule has 0 bridgehead atoms. The lowest BCUT2D eigenvalue weighted by atomic mass is 10.2. The summed E-state index contributed by atoms with van der Waals surface area (Å²) in [5.74, 6) is 0.436. The summed E-state index contributed by atoms with van der Waals surface area (Å²) in [6.07, 6.45) is 4.23. The van der Waals surface area contributed by atoms with Gasteiger partial charge in [0.2, 0.25) is 0 Å². The molecule has 1 aliphatic heterocycles. The molecule has 3 heterocycles. The monoisotopic (exact) mass is 343 g/mol. The molecule has 0 unspecified atom stereocenters. The Morgan fingerprint density at radius 2 is 2.32 bits per heavy atom. The van der Waals surface area contributed by atoms with Crippen molar-refractivity contribution in [2.75, 3.05) is 30.4 Å². The van der Waals surface area contributed by atoms with Crippen molar-refractivity contribution in [3.8, 4) is 0 Å². The smallest absolute Gasteiger partial charge is 0.295 e. The van der Waals surface area contributed by atoms with Crippen LogP contribution in [0.4, 0.5) is 16.2 Å². The number of para-hydroxylation sites is 1. The molecule has 1 N–H and O–H groups in total. The Morgan fingerprint density at radius 1 is 1.40 bits per heavy atom. The maximum Gasteiger partial charge on any atom is 0.295 e. The molecule has 1 saturated heterocycles. The molecule has 7 nitrogen and oxygen atoms in total. The number of nitrogens with one attached hydrogen (secondary N) is 1. The lowest BCUT2D eigenvalue weighted by Gasteiger charge is -2.25. The van der Waals surface area contributed by atoms with E-state index >= 15 is 0 Å². The summed E-state index contributed by atoms with van der Waals surface area (Å²) in [5.41, 5.74) is 0.662. The van der Waals surface area contributed by atoms with Crippen LogP contribution in [0, 0.1) is 5.82 Å². The van der Waals surface area contributed by atoms with Crippen molar-refractivity contribution in [1.29, 1.82) is 0 Å². The lowest BCUT2D eigenvalue weighted by molar-refractivity contribution is 0.118. The number of nitrogens with zero attached hydrogens (tertiary/aromatic N) is 4. The second-order valence-electron chi connectivity index (χ2n) is 5.96. The maximum absolute atomic E-state index is 13.7. The number of rotatable bonds is 5. The lowest BCUT2D eigenvalue weighted by Crippen LogP contribution is -2.35. The Labute approximate surface area is 143 Å².